The predicted molar refractivity (Wildman–Crippen MR) is 116 cm³/mol. The number of ether oxygens (including phenoxy) is 2. The predicted octanol–water partition coefficient (Wildman–Crippen LogP) is 4.17. The van der Waals surface area contributed by atoms with E-state index in [2.05, 4.69) is 20.9 Å². The summed E-state index contributed by atoms with van der Waals surface area (Å²) >= 11 is 3.40. The van der Waals surface area contributed by atoms with E-state index < -0.39 is 9.84 Å². The van der Waals surface area contributed by atoms with Crippen LogP contribution in [-0.4, -0.2) is 46.3 Å². The minimum absolute atomic E-state index is 0.0912. The highest BCUT2D eigenvalue weighted by Crippen LogP contribution is 2.35. The number of hydrogen-bond acceptors (Lipinski definition) is 7. The van der Waals surface area contributed by atoms with Gasteiger partial charge in [-0.3, -0.25) is 0 Å². The van der Waals surface area contributed by atoms with Gasteiger partial charge in [0.1, 0.15) is 5.75 Å². The van der Waals surface area contributed by atoms with Crippen LogP contribution in [0, 0.1) is 0 Å². The molecule has 7 nitrogen and oxygen atoms in total. The Morgan fingerprint density at radius 2 is 1.73 bits per heavy atom. The summed E-state index contributed by atoms with van der Waals surface area (Å²) in [6.07, 6.45) is 0. The van der Waals surface area contributed by atoms with Gasteiger partial charge in [0.2, 0.25) is 26.6 Å². The fraction of sp³-hybridized carbons (Fsp3) is 0.286. The molecule has 1 aliphatic rings. The van der Waals surface area contributed by atoms with Gasteiger partial charge in [0.25, 0.3) is 0 Å². The zero-order valence-electron chi connectivity index (χ0n) is 16.4. The molecule has 4 rings (SSSR count). The molecule has 158 valence electrons. The molecule has 1 fully saturated rings. The zero-order chi connectivity index (χ0) is 21.1. The molecule has 1 aromatic heterocycles. The van der Waals surface area contributed by atoms with Crippen LogP contribution in [0.4, 0.5) is 5.88 Å². The first-order chi connectivity index (χ1) is 14.5. The second kappa shape index (κ2) is 8.79. The van der Waals surface area contributed by atoms with Crippen molar-refractivity contribution in [3.05, 3.63) is 53.0 Å². The molecule has 0 bridgehead atoms. The highest BCUT2D eigenvalue weighted by atomic mass is 79.9. The van der Waals surface area contributed by atoms with Gasteiger partial charge in [-0.05, 0) is 55.5 Å². The van der Waals surface area contributed by atoms with E-state index in [1.165, 1.54) is 12.1 Å². The average molecular weight is 493 g/mol. The summed E-state index contributed by atoms with van der Waals surface area (Å²) in [5, 5.41) is -0.0912. The number of aromatic nitrogens is 1. The van der Waals surface area contributed by atoms with Gasteiger partial charge in [-0.15, -0.1) is 0 Å². The van der Waals surface area contributed by atoms with Crippen molar-refractivity contribution in [3.8, 4) is 17.2 Å². The molecule has 1 saturated heterocycles. The first kappa shape index (κ1) is 20.9. The van der Waals surface area contributed by atoms with Crippen LogP contribution in [0.5, 0.6) is 5.75 Å². The molecular formula is C21H21BrN2O5S. The van der Waals surface area contributed by atoms with Gasteiger partial charge in [-0.1, -0.05) is 15.9 Å². The Morgan fingerprint density at radius 3 is 2.37 bits per heavy atom. The number of rotatable bonds is 6. The summed E-state index contributed by atoms with van der Waals surface area (Å²) in [6.45, 7) is 4.43. The third-order valence-electron chi connectivity index (χ3n) is 4.67. The summed E-state index contributed by atoms with van der Waals surface area (Å²) in [4.78, 5) is 6.41. The Hall–Kier alpha value is -2.36. The van der Waals surface area contributed by atoms with E-state index in [-0.39, 0.29) is 21.7 Å². The van der Waals surface area contributed by atoms with Crippen molar-refractivity contribution in [3.63, 3.8) is 0 Å². The van der Waals surface area contributed by atoms with Gasteiger partial charge in [-0.2, -0.15) is 4.98 Å². The average Bonchev–Trinajstić information content (AvgIpc) is 3.22. The molecule has 0 atom stereocenters. The van der Waals surface area contributed by atoms with Gasteiger partial charge in [-0.25, -0.2) is 8.42 Å². The topological polar surface area (TPSA) is 81.9 Å². The number of anilines is 1. The van der Waals surface area contributed by atoms with Crippen LogP contribution < -0.4 is 9.64 Å². The molecule has 0 aliphatic carbocycles. The molecule has 3 aromatic rings. The summed E-state index contributed by atoms with van der Waals surface area (Å²) in [7, 11) is -3.90. The summed E-state index contributed by atoms with van der Waals surface area (Å²) in [6, 6.07) is 13.7. The molecule has 2 aromatic carbocycles. The van der Waals surface area contributed by atoms with Gasteiger partial charge >= 0.3 is 0 Å². The van der Waals surface area contributed by atoms with Crippen LogP contribution in [0.1, 0.15) is 6.92 Å². The molecular weight excluding hydrogens is 472 g/mol. The lowest BCUT2D eigenvalue weighted by atomic mass is 10.2. The normalized spacial score (nSPS) is 14.7. The van der Waals surface area contributed by atoms with Gasteiger partial charge < -0.3 is 18.8 Å². The number of halogens is 1. The van der Waals surface area contributed by atoms with Crippen molar-refractivity contribution in [1.82, 2.24) is 4.98 Å². The minimum atomic E-state index is -3.90. The van der Waals surface area contributed by atoms with E-state index in [1.54, 1.807) is 12.1 Å². The highest BCUT2D eigenvalue weighted by Gasteiger charge is 2.32. The highest BCUT2D eigenvalue weighted by molar-refractivity contribution is 9.10. The maximum atomic E-state index is 13.4. The van der Waals surface area contributed by atoms with Crippen LogP contribution in [0.15, 0.2) is 67.3 Å². The second-order valence-electron chi connectivity index (χ2n) is 6.64. The Balaban J connectivity index is 1.78. The van der Waals surface area contributed by atoms with Crippen molar-refractivity contribution < 1.29 is 22.3 Å². The monoisotopic (exact) mass is 492 g/mol. The largest absolute Gasteiger partial charge is 0.494 e. The summed E-state index contributed by atoms with van der Waals surface area (Å²) in [5.74, 6) is 1.11. The lowest BCUT2D eigenvalue weighted by Crippen LogP contribution is -2.36. The van der Waals surface area contributed by atoms with E-state index in [4.69, 9.17) is 13.9 Å². The van der Waals surface area contributed by atoms with Crippen LogP contribution in [0.2, 0.25) is 0 Å². The molecule has 0 saturated carbocycles. The molecule has 1 aliphatic heterocycles. The Morgan fingerprint density at radius 1 is 1.07 bits per heavy atom. The summed E-state index contributed by atoms with van der Waals surface area (Å²) in [5.41, 5.74) is 0.695. The third-order valence-corrected chi connectivity index (χ3v) is 6.86. The first-order valence-electron chi connectivity index (χ1n) is 9.56. The number of oxazole rings is 1. The maximum Gasteiger partial charge on any atom is 0.236 e. The number of sulfone groups is 1. The van der Waals surface area contributed by atoms with E-state index >= 15 is 0 Å². The molecule has 2 heterocycles. The number of nitrogens with zero attached hydrogens (tertiary/aromatic N) is 2. The van der Waals surface area contributed by atoms with E-state index in [1.807, 2.05) is 36.1 Å². The van der Waals surface area contributed by atoms with Crippen molar-refractivity contribution in [2.45, 2.75) is 16.8 Å². The molecule has 0 amide bonds. The molecule has 9 heteroatoms. The van der Waals surface area contributed by atoms with Crippen molar-refractivity contribution in [1.29, 1.82) is 0 Å². The third kappa shape index (κ3) is 4.23. The quantitative estimate of drug-likeness (QED) is 0.510. The standard InChI is InChI=1S/C21H21BrN2O5S/c1-2-28-17-7-9-18(10-8-17)30(25,26)20-21(24-11-13-27-14-12-24)29-19(23-20)15-3-5-16(22)6-4-15/h3-10H,2,11-14H2,1H3. The molecule has 0 radical (unpaired) electrons. The zero-order valence-corrected chi connectivity index (χ0v) is 18.8. The van der Waals surface area contributed by atoms with Crippen LogP contribution >= 0.6 is 15.9 Å². The van der Waals surface area contributed by atoms with Crippen LogP contribution in [0.3, 0.4) is 0 Å². The van der Waals surface area contributed by atoms with E-state index in [9.17, 15) is 8.42 Å². The lowest BCUT2D eigenvalue weighted by molar-refractivity contribution is 0.120. The van der Waals surface area contributed by atoms with Crippen molar-refractivity contribution in [2.24, 2.45) is 0 Å². The number of hydrogen-bond donors (Lipinski definition) is 0. The molecule has 0 N–H and O–H groups in total. The Bertz CT molecular complexity index is 1110. The second-order valence-corrected chi connectivity index (χ2v) is 9.42. The maximum absolute atomic E-state index is 13.4. The molecule has 30 heavy (non-hydrogen) atoms. The fourth-order valence-electron chi connectivity index (χ4n) is 3.15. The lowest BCUT2D eigenvalue weighted by Gasteiger charge is -2.26. The Labute approximate surface area is 183 Å². The summed E-state index contributed by atoms with van der Waals surface area (Å²) < 4.78 is 44.6. The Kier molecular flexibility index (Phi) is 6.12. The van der Waals surface area contributed by atoms with Gasteiger partial charge in [0.15, 0.2) is 0 Å². The molecule has 0 spiro atoms. The van der Waals surface area contributed by atoms with E-state index in [0.29, 0.717) is 44.2 Å². The minimum Gasteiger partial charge on any atom is -0.494 e. The van der Waals surface area contributed by atoms with E-state index in [0.717, 1.165) is 4.47 Å². The molecule has 0 unspecified atom stereocenters. The first-order valence-corrected chi connectivity index (χ1v) is 11.8. The van der Waals surface area contributed by atoms with Gasteiger partial charge in [0, 0.05) is 23.1 Å². The fourth-order valence-corrected chi connectivity index (χ4v) is 4.73. The number of benzene rings is 2. The van der Waals surface area contributed by atoms with Crippen molar-refractivity contribution >= 4 is 31.7 Å². The smallest absolute Gasteiger partial charge is 0.236 e. The van der Waals surface area contributed by atoms with Crippen LogP contribution in [-0.2, 0) is 14.6 Å². The van der Waals surface area contributed by atoms with Gasteiger partial charge in [0.05, 0.1) is 24.7 Å². The van der Waals surface area contributed by atoms with Crippen molar-refractivity contribution in [2.75, 3.05) is 37.8 Å². The SMILES string of the molecule is CCOc1ccc(S(=O)(=O)c2nc(-c3ccc(Br)cc3)oc2N2CCOCC2)cc1. The number of morpholine rings is 1. The van der Waals surface area contributed by atoms with Crippen LogP contribution in [0.25, 0.3) is 11.5 Å².